The van der Waals surface area contributed by atoms with Gasteiger partial charge in [0.2, 0.25) is 5.91 Å². The van der Waals surface area contributed by atoms with Gasteiger partial charge in [0.15, 0.2) is 0 Å². The van der Waals surface area contributed by atoms with E-state index in [2.05, 4.69) is 10.6 Å². The van der Waals surface area contributed by atoms with E-state index in [4.69, 9.17) is 5.73 Å². The molecule has 0 atom stereocenters. The largest absolute Gasteiger partial charge is 0.398 e. The summed E-state index contributed by atoms with van der Waals surface area (Å²) in [6, 6.07) is 5.20. The molecular formula is C13H19N3O2. The van der Waals surface area contributed by atoms with Crippen molar-refractivity contribution in [1.82, 2.24) is 10.6 Å². The third-order valence-corrected chi connectivity index (χ3v) is 2.63. The predicted octanol–water partition coefficient (Wildman–Crippen LogP) is 0.833. The Balaban J connectivity index is 2.51. The molecule has 1 aromatic carbocycles. The third kappa shape index (κ3) is 3.76. The molecule has 0 aliphatic rings. The maximum atomic E-state index is 11.9. The average molecular weight is 249 g/mol. The van der Waals surface area contributed by atoms with Crippen LogP contribution in [0.25, 0.3) is 0 Å². The van der Waals surface area contributed by atoms with Crippen molar-refractivity contribution < 1.29 is 9.59 Å². The van der Waals surface area contributed by atoms with Gasteiger partial charge in [-0.2, -0.15) is 0 Å². The number of hydrogen-bond acceptors (Lipinski definition) is 3. The van der Waals surface area contributed by atoms with Crippen molar-refractivity contribution >= 4 is 17.5 Å². The van der Waals surface area contributed by atoms with Crippen molar-refractivity contribution in [2.24, 2.45) is 0 Å². The maximum Gasteiger partial charge on any atom is 0.251 e. The van der Waals surface area contributed by atoms with E-state index >= 15 is 0 Å². The van der Waals surface area contributed by atoms with Gasteiger partial charge in [-0.15, -0.1) is 0 Å². The van der Waals surface area contributed by atoms with Crippen molar-refractivity contribution in [3.8, 4) is 0 Å². The first-order valence-electron chi connectivity index (χ1n) is 5.96. The molecule has 5 nitrogen and oxygen atoms in total. The molecule has 0 saturated carbocycles. The molecule has 1 aromatic rings. The molecule has 4 N–H and O–H groups in total. The second-order valence-electron chi connectivity index (χ2n) is 3.98. The zero-order valence-electron chi connectivity index (χ0n) is 10.7. The van der Waals surface area contributed by atoms with Crippen LogP contribution < -0.4 is 16.4 Å². The van der Waals surface area contributed by atoms with E-state index in [1.807, 2.05) is 6.92 Å². The summed E-state index contributed by atoms with van der Waals surface area (Å²) < 4.78 is 0. The molecule has 0 radical (unpaired) electrons. The Morgan fingerprint density at radius 1 is 1.28 bits per heavy atom. The number of amides is 2. The van der Waals surface area contributed by atoms with Crippen LogP contribution >= 0.6 is 0 Å². The van der Waals surface area contributed by atoms with E-state index in [0.717, 1.165) is 5.56 Å². The van der Waals surface area contributed by atoms with Gasteiger partial charge in [0, 0.05) is 30.8 Å². The number of benzene rings is 1. The Labute approximate surface area is 107 Å². The SMILES string of the molecule is CCNC(=O)CCNC(=O)c1cccc(N)c1C. The molecule has 1 rings (SSSR count). The van der Waals surface area contributed by atoms with Crippen molar-refractivity contribution in [1.29, 1.82) is 0 Å². The number of rotatable bonds is 5. The van der Waals surface area contributed by atoms with Gasteiger partial charge >= 0.3 is 0 Å². The van der Waals surface area contributed by atoms with Gasteiger partial charge in [0.1, 0.15) is 0 Å². The Kier molecular flexibility index (Phi) is 5.17. The second-order valence-corrected chi connectivity index (χ2v) is 3.98. The minimum Gasteiger partial charge on any atom is -0.398 e. The molecule has 0 unspecified atom stereocenters. The number of hydrogen-bond donors (Lipinski definition) is 3. The topological polar surface area (TPSA) is 84.2 Å². The van der Waals surface area contributed by atoms with E-state index in [1.165, 1.54) is 0 Å². The molecule has 0 aliphatic carbocycles. The fraction of sp³-hybridized carbons (Fsp3) is 0.385. The van der Waals surface area contributed by atoms with Gasteiger partial charge < -0.3 is 16.4 Å². The lowest BCUT2D eigenvalue weighted by atomic mass is 10.1. The molecular weight excluding hydrogens is 230 g/mol. The lowest BCUT2D eigenvalue weighted by Gasteiger charge is -2.09. The molecule has 0 fully saturated rings. The molecule has 2 amide bonds. The third-order valence-electron chi connectivity index (χ3n) is 2.63. The Hall–Kier alpha value is -2.04. The first-order valence-corrected chi connectivity index (χ1v) is 5.96. The van der Waals surface area contributed by atoms with Crippen LogP contribution in [-0.2, 0) is 4.79 Å². The standard InChI is InChI=1S/C13H19N3O2/c1-3-15-12(17)7-8-16-13(18)10-5-4-6-11(14)9(10)2/h4-6H,3,7-8,14H2,1-2H3,(H,15,17)(H,16,18). The van der Waals surface area contributed by atoms with Gasteiger partial charge in [-0.05, 0) is 31.5 Å². The van der Waals surface area contributed by atoms with E-state index in [-0.39, 0.29) is 18.2 Å². The number of nitrogen functional groups attached to an aromatic ring is 1. The van der Waals surface area contributed by atoms with Crippen molar-refractivity contribution in [3.63, 3.8) is 0 Å². The van der Waals surface area contributed by atoms with Gasteiger partial charge in [0.05, 0.1) is 0 Å². The van der Waals surface area contributed by atoms with Crippen LogP contribution in [0.5, 0.6) is 0 Å². The first kappa shape index (κ1) is 14.0. The van der Waals surface area contributed by atoms with Crippen LogP contribution in [0.4, 0.5) is 5.69 Å². The van der Waals surface area contributed by atoms with E-state index in [9.17, 15) is 9.59 Å². The minimum atomic E-state index is -0.205. The Morgan fingerprint density at radius 2 is 2.00 bits per heavy atom. The summed E-state index contributed by atoms with van der Waals surface area (Å²) in [5.41, 5.74) is 7.62. The summed E-state index contributed by atoms with van der Waals surface area (Å²) in [5.74, 6) is -0.272. The van der Waals surface area contributed by atoms with Gasteiger partial charge in [0.25, 0.3) is 5.91 Å². The molecule has 0 spiro atoms. The van der Waals surface area contributed by atoms with Gasteiger partial charge in [-0.3, -0.25) is 9.59 Å². The van der Waals surface area contributed by atoms with Gasteiger partial charge in [-0.25, -0.2) is 0 Å². The minimum absolute atomic E-state index is 0.0675. The predicted molar refractivity (Wildman–Crippen MR) is 71.2 cm³/mol. The van der Waals surface area contributed by atoms with Crippen molar-refractivity contribution in [3.05, 3.63) is 29.3 Å². The van der Waals surface area contributed by atoms with Crippen LogP contribution in [0.15, 0.2) is 18.2 Å². The summed E-state index contributed by atoms with van der Waals surface area (Å²) in [6.07, 6.45) is 0.279. The lowest BCUT2D eigenvalue weighted by Crippen LogP contribution is -2.31. The second kappa shape index (κ2) is 6.64. The van der Waals surface area contributed by atoms with E-state index in [1.54, 1.807) is 25.1 Å². The van der Waals surface area contributed by atoms with E-state index < -0.39 is 0 Å². The molecule has 18 heavy (non-hydrogen) atoms. The lowest BCUT2D eigenvalue weighted by molar-refractivity contribution is -0.120. The summed E-state index contributed by atoms with van der Waals surface area (Å²) in [5, 5.41) is 5.37. The highest BCUT2D eigenvalue weighted by molar-refractivity contribution is 5.97. The maximum absolute atomic E-state index is 11.9. The van der Waals surface area contributed by atoms with Crippen molar-refractivity contribution in [2.75, 3.05) is 18.8 Å². The number of nitrogens with one attached hydrogen (secondary N) is 2. The first-order chi connectivity index (χ1) is 8.56. The fourth-order valence-corrected chi connectivity index (χ4v) is 1.57. The highest BCUT2D eigenvalue weighted by Gasteiger charge is 2.10. The molecule has 0 aliphatic heterocycles. The highest BCUT2D eigenvalue weighted by Crippen LogP contribution is 2.14. The van der Waals surface area contributed by atoms with Crippen LogP contribution in [0, 0.1) is 6.92 Å². The molecule has 0 saturated heterocycles. The molecule has 0 aromatic heterocycles. The van der Waals surface area contributed by atoms with Crippen LogP contribution in [0.1, 0.15) is 29.3 Å². The zero-order chi connectivity index (χ0) is 13.5. The van der Waals surface area contributed by atoms with Crippen molar-refractivity contribution in [2.45, 2.75) is 20.3 Å². The van der Waals surface area contributed by atoms with Crippen LogP contribution in [0.2, 0.25) is 0 Å². The smallest absolute Gasteiger partial charge is 0.251 e. The Bertz CT molecular complexity index is 444. The summed E-state index contributed by atoms with van der Waals surface area (Å²) in [4.78, 5) is 23.1. The fourth-order valence-electron chi connectivity index (χ4n) is 1.57. The number of anilines is 1. The van der Waals surface area contributed by atoms with E-state index in [0.29, 0.717) is 24.3 Å². The molecule has 0 bridgehead atoms. The van der Waals surface area contributed by atoms with Gasteiger partial charge in [-0.1, -0.05) is 6.07 Å². The molecule has 0 heterocycles. The monoisotopic (exact) mass is 249 g/mol. The number of nitrogens with two attached hydrogens (primary N) is 1. The molecule has 5 heteroatoms. The summed E-state index contributed by atoms with van der Waals surface area (Å²) in [6.45, 7) is 4.57. The van der Waals surface area contributed by atoms with Crippen LogP contribution in [-0.4, -0.2) is 24.9 Å². The summed E-state index contributed by atoms with van der Waals surface area (Å²) >= 11 is 0. The highest BCUT2D eigenvalue weighted by atomic mass is 16.2. The quantitative estimate of drug-likeness (QED) is 0.676. The zero-order valence-corrected chi connectivity index (χ0v) is 10.7. The number of carbonyl (C=O) groups excluding carboxylic acids is 2. The van der Waals surface area contributed by atoms with Crippen LogP contribution in [0.3, 0.4) is 0 Å². The molecule has 98 valence electrons. The average Bonchev–Trinajstić information content (AvgIpc) is 2.33. The number of carbonyl (C=O) groups is 2. The normalized spacial score (nSPS) is 9.89. The Morgan fingerprint density at radius 3 is 2.67 bits per heavy atom. The summed E-state index contributed by atoms with van der Waals surface area (Å²) in [7, 11) is 0.